The zero-order valence-electron chi connectivity index (χ0n) is 12.2. The largest absolute Gasteiger partial charge is 0.399 e. The van der Waals surface area contributed by atoms with Gasteiger partial charge in [0.1, 0.15) is 0 Å². The van der Waals surface area contributed by atoms with Crippen molar-refractivity contribution >= 4 is 11.6 Å². The number of amides is 1. The van der Waals surface area contributed by atoms with Gasteiger partial charge in [-0.2, -0.15) is 0 Å². The highest BCUT2D eigenvalue weighted by molar-refractivity contribution is 5.80. The third-order valence-corrected chi connectivity index (χ3v) is 4.19. The minimum atomic E-state index is -0.0234. The van der Waals surface area contributed by atoms with Crippen molar-refractivity contribution in [3.63, 3.8) is 0 Å². The fraction of sp³-hybridized carbons (Fsp3) is 0.278. The van der Waals surface area contributed by atoms with E-state index in [1.54, 1.807) is 0 Å². The first kappa shape index (κ1) is 13.7. The van der Waals surface area contributed by atoms with Crippen molar-refractivity contribution < 1.29 is 4.79 Å². The molecule has 0 aliphatic heterocycles. The second-order valence-corrected chi connectivity index (χ2v) is 5.77. The quantitative estimate of drug-likeness (QED) is 0.849. The molecule has 0 radical (unpaired) electrons. The van der Waals surface area contributed by atoms with Gasteiger partial charge in [-0.1, -0.05) is 36.4 Å². The number of fused-ring (bicyclic) bond motifs is 1. The van der Waals surface area contributed by atoms with Gasteiger partial charge in [0.2, 0.25) is 5.91 Å². The van der Waals surface area contributed by atoms with E-state index in [4.69, 9.17) is 5.73 Å². The third kappa shape index (κ3) is 2.92. The standard InChI is InChI=1S/C18H20N2O/c1-12(13-7-4-8-17(19)11-13)20-18(21)16-9-14-5-2-3-6-15(14)10-16/h2-8,11-12,16H,9-10,19H2,1H3,(H,20,21). The molecule has 0 heterocycles. The topological polar surface area (TPSA) is 55.1 Å². The van der Waals surface area contributed by atoms with Gasteiger partial charge in [-0.25, -0.2) is 0 Å². The fourth-order valence-corrected chi connectivity index (χ4v) is 2.99. The van der Waals surface area contributed by atoms with Gasteiger partial charge in [0.15, 0.2) is 0 Å². The summed E-state index contributed by atoms with van der Waals surface area (Å²) in [6, 6.07) is 15.9. The molecule has 3 N–H and O–H groups in total. The molecule has 1 aliphatic carbocycles. The number of carbonyl (C=O) groups is 1. The molecule has 0 saturated heterocycles. The first-order valence-corrected chi connectivity index (χ1v) is 7.36. The molecule has 0 fully saturated rings. The highest BCUT2D eigenvalue weighted by Crippen LogP contribution is 2.27. The number of nitrogen functional groups attached to an aromatic ring is 1. The SMILES string of the molecule is CC(NC(=O)C1Cc2ccccc2C1)c1cccc(N)c1. The Kier molecular flexibility index (Phi) is 3.65. The summed E-state index contributed by atoms with van der Waals surface area (Å²) < 4.78 is 0. The predicted molar refractivity (Wildman–Crippen MR) is 84.8 cm³/mol. The average molecular weight is 280 g/mol. The molecule has 2 aromatic rings. The van der Waals surface area contributed by atoms with E-state index in [9.17, 15) is 4.79 Å². The highest BCUT2D eigenvalue weighted by atomic mass is 16.1. The normalized spacial score (nSPS) is 15.5. The van der Waals surface area contributed by atoms with E-state index in [1.807, 2.05) is 43.3 Å². The number of carbonyl (C=O) groups excluding carboxylic acids is 1. The number of rotatable bonds is 3. The zero-order chi connectivity index (χ0) is 14.8. The molecular formula is C18H20N2O. The van der Waals surface area contributed by atoms with Gasteiger partial charge in [0.25, 0.3) is 0 Å². The Labute approximate surface area is 125 Å². The van der Waals surface area contributed by atoms with Crippen LogP contribution in [0.5, 0.6) is 0 Å². The summed E-state index contributed by atoms with van der Waals surface area (Å²) >= 11 is 0. The molecule has 3 rings (SSSR count). The van der Waals surface area contributed by atoms with Gasteiger partial charge in [0.05, 0.1) is 6.04 Å². The lowest BCUT2D eigenvalue weighted by Crippen LogP contribution is -2.33. The molecule has 21 heavy (non-hydrogen) atoms. The Bertz CT molecular complexity index is 641. The molecule has 1 atom stereocenters. The van der Waals surface area contributed by atoms with Crippen LogP contribution in [0.2, 0.25) is 0 Å². The molecular weight excluding hydrogens is 260 g/mol. The number of nitrogens with two attached hydrogens (primary N) is 1. The number of hydrogen-bond donors (Lipinski definition) is 2. The van der Waals surface area contributed by atoms with Crippen LogP contribution in [-0.2, 0) is 17.6 Å². The van der Waals surface area contributed by atoms with Crippen molar-refractivity contribution in [2.45, 2.75) is 25.8 Å². The molecule has 1 aliphatic rings. The maximum absolute atomic E-state index is 12.4. The molecule has 2 aromatic carbocycles. The predicted octanol–water partition coefficient (Wildman–Crippen LogP) is 2.86. The molecule has 0 bridgehead atoms. The summed E-state index contributed by atoms with van der Waals surface area (Å²) in [6.07, 6.45) is 1.68. The maximum atomic E-state index is 12.4. The minimum Gasteiger partial charge on any atom is -0.399 e. The molecule has 108 valence electrons. The van der Waals surface area contributed by atoms with Crippen LogP contribution in [0.15, 0.2) is 48.5 Å². The van der Waals surface area contributed by atoms with Gasteiger partial charge < -0.3 is 11.1 Å². The van der Waals surface area contributed by atoms with E-state index in [0.29, 0.717) is 0 Å². The van der Waals surface area contributed by atoms with Crippen LogP contribution in [0.1, 0.15) is 29.7 Å². The summed E-state index contributed by atoms with van der Waals surface area (Å²) in [6.45, 7) is 1.99. The first-order valence-electron chi connectivity index (χ1n) is 7.36. The molecule has 0 saturated carbocycles. The van der Waals surface area contributed by atoms with Crippen LogP contribution >= 0.6 is 0 Å². The van der Waals surface area contributed by atoms with Crippen LogP contribution in [0, 0.1) is 5.92 Å². The summed E-state index contributed by atoms with van der Waals surface area (Å²) in [5.41, 5.74) is 10.2. The molecule has 3 nitrogen and oxygen atoms in total. The average Bonchev–Trinajstić information content (AvgIpc) is 2.91. The number of hydrogen-bond acceptors (Lipinski definition) is 2. The van der Waals surface area contributed by atoms with Crippen molar-refractivity contribution in [3.8, 4) is 0 Å². The first-order chi connectivity index (χ1) is 10.1. The van der Waals surface area contributed by atoms with E-state index < -0.39 is 0 Å². The van der Waals surface area contributed by atoms with Crippen LogP contribution in [-0.4, -0.2) is 5.91 Å². The van der Waals surface area contributed by atoms with Crippen molar-refractivity contribution in [1.29, 1.82) is 0 Å². The van der Waals surface area contributed by atoms with Gasteiger partial charge in [-0.15, -0.1) is 0 Å². The number of benzene rings is 2. The van der Waals surface area contributed by atoms with Crippen molar-refractivity contribution in [3.05, 3.63) is 65.2 Å². The Hall–Kier alpha value is -2.29. The zero-order valence-corrected chi connectivity index (χ0v) is 12.2. The smallest absolute Gasteiger partial charge is 0.224 e. The lowest BCUT2D eigenvalue weighted by molar-refractivity contribution is -0.125. The third-order valence-electron chi connectivity index (χ3n) is 4.19. The van der Waals surface area contributed by atoms with E-state index in [-0.39, 0.29) is 17.9 Å². The second-order valence-electron chi connectivity index (χ2n) is 5.77. The number of anilines is 1. The fourth-order valence-electron chi connectivity index (χ4n) is 2.99. The van der Waals surface area contributed by atoms with Crippen molar-refractivity contribution in [2.24, 2.45) is 5.92 Å². The highest BCUT2D eigenvalue weighted by Gasteiger charge is 2.27. The van der Waals surface area contributed by atoms with Gasteiger partial charge in [-0.05, 0) is 48.6 Å². The molecule has 0 aromatic heterocycles. The Balaban J connectivity index is 1.65. The summed E-state index contributed by atoms with van der Waals surface area (Å²) in [5.74, 6) is 0.173. The monoisotopic (exact) mass is 280 g/mol. The Morgan fingerprint density at radius 1 is 1.14 bits per heavy atom. The van der Waals surface area contributed by atoms with Gasteiger partial charge in [0, 0.05) is 11.6 Å². The van der Waals surface area contributed by atoms with Gasteiger partial charge in [-0.3, -0.25) is 4.79 Å². The Morgan fingerprint density at radius 2 is 1.81 bits per heavy atom. The van der Waals surface area contributed by atoms with E-state index in [1.165, 1.54) is 11.1 Å². The van der Waals surface area contributed by atoms with Crippen molar-refractivity contribution in [1.82, 2.24) is 5.32 Å². The maximum Gasteiger partial charge on any atom is 0.224 e. The van der Waals surface area contributed by atoms with E-state index in [2.05, 4.69) is 17.4 Å². The van der Waals surface area contributed by atoms with Crippen molar-refractivity contribution in [2.75, 3.05) is 5.73 Å². The second kappa shape index (κ2) is 5.60. The number of nitrogens with one attached hydrogen (secondary N) is 1. The van der Waals surface area contributed by atoms with Crippen LogP contribution in [0.3, 0.4) is 0 Å². The lowest BCUT2D eigenvalue weighted by Gasteiger charge is -2.17. The molecule has 0 spiro atoms. The van der Waals surface area contributed by atoms with Crippen LogP contribution in [0.4, 0.5) is 5.69 Å². The Morgan fingerprint density at radius 3 is 2.43 bits per heavy atom. The van der Waals surface area contributed by atoms with E-state index >= 15 is 0 Å². The minimum absolute atomic E-state index is 0.0234. The molecule has 3 heteroatoms. The lowest BCUT2D eigenvalue weighted by atomic mass is 10.0. The molecule has 1 unspecified atom stereocenters. The van der Waals surface area contributed by atoms with Crippen LogP contribution < -0.4 is 11.1 Å². The summed E-state index contributed by atoms with van der Waals surface area (Å²) in [7, 11) is 0. The van der Waals surface area contributed by atoms with E-state index in [0.717, 1.165) is 24.1 Å². The summed E-state index contributed by atoms with van der Waals surface area (Å²) in [5, 5.41) is 3.11. The molecule has 1 amide bonds. The van der Waals surface area contributed by atoms with Gasteiger partial charge >= 0.3 is 0 Å². The van der Waals surface area contributed by atoms with Crippen LogP contribution in [0.25, 0.3) is 0 Å². The summed E-state index contributed by atoms with van der Waals surface area (Å²) in [4.78, 5) is 12.4.